The zero-order chi connectivity index (χ0) is 13.8. The van der Waals surface area contributed by atoms with E-state index in [1.54, 1.807) is 6.92 Å². The van der Waals surface area contributed by atoms with E-state index in [0.717, 1.165) is 19.6 Å². The van der Waals surface area contributed by atoms with Crippen LogP contribution in [0.15, 0.2) is 0 Å². The third-order valence-electron chi connectivity index (χ3n) is 3.59. The number of nitrogens with one attached hydrogen (secondary N) is 1. The van der Waals surface area contributed by atoms with Crippen LogP contribution in [0.2, 0.25) is 0 Å². The highest BCUT2D eigenvalue weighted by molar-refractivity contribution is 7.91. The summed E-state index contributed by atoms with van der Waals surface area (Å²) in [7, 11) is -2.89. The van der Waals surface area contributed by atoms with E-state index < -0.39 is 9.84 Å². The smallest absolute Gasteiger partial charge is 0.151 e. The molecular formula is C13H27NO3S. The lowest BCUT2D eigenvalue weighted by Crippen LogP contribution is -2.39. The fourth-order valence-electron chi connectivity index (χ4n) is 2.52. The van der Waals surface area contributed by atoms with Crippen LogP contribution in [0.5, 0.6) is 0 Å². The molecule has 4 nitrogen and oxygen atoms in total. The molecule has 0 aromatic heterocycles. The molecule has 0 spiro atoms. The minimum absolute atomic E-state index is 0.0170. The summed E-state index contributed by atoms with van der Waals surface area (Å²) < 4.78 is 28.8. The Morgan fingerprint density at radius 1 is 1.33 bits per heavy atom. The molecule has 18 heavy (non-hydrogen) atoms. The Bertz CT molecular complexity index is 340. The van der Waals surface area contributed by atoms with Gasteiger partial charge in [-0.3, -0.25) is 0 Å². The van der Waals surface area contributed by atoms with Crippen molar-refractivity contribution < 1.29 is 13.2 Å². The van der Waals surface area contributed by atoms with Crippen LogP contribution in [-0.4, -0.2) is 45.2 Å². The minimum atomic E-state index is -2.89. The molecule has 1 rings (SSSR count). The summed E-state index contributed by atoms with van der Waals surface area (Å²) in [5.41, 5.74) is 0. The second kappa shape index (κ2) is 6.87. The molecule has 1 heterocycles. The van der Waals surface area contributed by atoms with E-state index in [1.165, 1.54) is 0 Å². The van der Waals surface area contributed by atoms with Crippen molar-refractivity contribution in [3.63, 3.8) is 0 Å². The average Bonchev–Trinajstić information content (AvgIpc) is 2.74. The van der Waals surface area contributed by atoms with Crippen LogP contribution in [0.1, 0.15) is 34.1 Å². The van der Waals surface area contributed by atoms with Gasteiger partial charge in [0.1, 0.15) is 0 Å². The van der Waals surface area contributed by atoms with Gasteiger partial charge in [-0.25, -0.2) is 8.42 Å². The first kappa shape index (κ1) is 15.9. The van der Waals surface area contributed by atoms with Gasteiger partial charge < -0.3 is 10.1 Å². The maximum atomic E-state index is 11.5. The molecule has 0 saturated carbocycles. The van der Waals surface area contributed by atoms with E-state index in [-0.39, 0.29) is 17.5 Å². The Kier molecular flexibility index (Phi) is 6.08. The fourth-order valence-corrected chi connectivity index (χ4v) is 3.64. The first-order valence-electron chi connectivity index (χ1n) is 6.91. The van der Waals surface area contributed by atoms with Gasteiger partial charge in [-0.05, 0) is 25.2 Å². The lowest BCUT2D eigenvalue weighted by atomic mass is 9.93. The van der Waals surface area contributed by atoms with Crippen LogP contribution < -0.4 is 5.32 Å². The molecule has 1 unspecified atom stereocenters. The van der Waals surface area contributed by atoms with E-state index in [0.29, 0.717) is 17.9 Å². The standard InChI is InChI=1S/C13H27NO3S/c1-5-18(15,16)9-11(4)14-8-12-6-7-17-13(12)10(2)3/h10-14H,5-9H2,1-4H3/t11?,12-,13-/m1/s1. The Morgan fingerprint density at radius 3 is 2.56 bits per heavy atom. The molecule has 0 aromatic carbocycles. The van der Waals surface area contributed by atoms with Crippen LogP contribution >= 0.6 is 0 Å². The number of hydrogen-bond acceptors (Lipinski definition) is 4. The van der Waals surface area contributed by atoms with Gasteiger partial charge in [-0.2, -0.15) is 0 Å². The molecule has 0 radical (unpaired) electrons. The minimum Gasteiger partial charge on any atom is -0.378 e. The Labute approximate surface area is 111 Å². The van der Waals surface area contributed by atoms with Gasteiger partial charge >= 0.3 is 0 Å². The summed E-state index contributed by atoms with van der Waals surface area (Å²) in [5, 5.41) is 3.34. The summed E-state index contributed by atoms with van der Waals surface area (Å²) in [6.45, 7) is 9.66. The van der Waals surface area contributed by atoms with Crippen molar-refractivity contribution in [3.8, 4) is 0 Å². The molecule has 108 valence electrons. The molecule has 1 fully saturated rings. The zero-order valence-corrected chi connectivity index (χ0v) is 12.8. The van der Waals surface area contributed by atoms with E-state index >= 15 is 0 Å². The van der Waals surface area contributed by atoms with Crippen LogP contribution in [0.4, 0.5) is 0 Å². The van der Waals surface area contributed by atoms with Gasteiger partial charge in [-0.1, -0.05) is 20.8 Å². The molecule has 5 heteroatoms. The van der Waals surface area contributed by atoms with E-state index in [1.807, 2.05) is 6.92 Å². The predicted octanol–water partition coefficient (Wildman–Crippen LogP) is 1.46. The Morgan fingerprint density at radius 2 is 2.00 bits per heavy atom. The normalized spacial score (nSPS) is 26.7. The lowest BCUT2D eigenvalue weighted by molar-refractivity contribution is 0.0536. The van der Waals surface area contributed by atoms with Crippen LogP contribution in [0.3, 0.4) is 0 Å². The second-order valence-corrected chi connectivity index (χ2v) is 8.03. The molecule has 0 amide bonds. The number of hydrogen-bond donors (Lipinski definition) is 1. The highest BCUT2D eigenvalue weighted by Crippen LogP contribution is 2.26. The van der Waals surface area contributed by atoms with Crippen molar-refractivity contribution >= 4 is 9.84 Å². The topological polar surface area (TPSA) is 55.4 Å². The molecule has 1 aliphatic heterocycles. The van der Waals surface area contributed by atoms with E-state index in [2.05, 4.69) is 19.2 Å². The molecule has 0 aliphatic carbocycles. The van der Waals surface area contributed by atoms with Crippen molar-refractivity contribution in [2.75, 3.05) is 24.7 Å². The summed E-state index contributed by atoms with van der Waals surface area (Å²) in [6.07, 6.45) is 1.38. The number of ether oxygens (including phenoxy) is 1. The molecule has 3 atom stereocenters. The van der Waals surface area contributed by atoms with Gasteiger partial charge in [0, 0.05) is 24.9 Å². The van der Waals surface area contributed by atoms with Gasteiger partial charge in [-0.15, -0.1) is 0 Å². The third-order valence-corrected chi connectivity index (χ3v) is 5.48. The van der Waals surface area contributed by atoms with Crippen molar-refractivity contribution in [2.24, 2.45) is 11.8 Å². The number of sulfone groups is 1. The largest absolute Gasteiger partial charge is 0.378 e. The summed E-state index contributed by atoms with van der Waals surface area (Å²) >= 11 is 0. The predicted molar refractivity (Wildman–Crippen MR) is 74.5 cm³/mol. The summed E-state index contributed by atoms with van der Waals surface area (Å²) in [5.74, 6) is 1.48. The molecule has 1 N–H and O–H groups in total. The van der Waals surface area contributed by atoms with E-state index in [4.69, 9.17) is 4.74 Å². The van der Waals surface area contributed by atoms with Gasteiger partial charge in [0.2, 0.25) is 0 Å². The van der Waals surface area contributed by atoms with Gasteiger partial charge in [0.25, 0.3) is 0 Å². The molecule has 1 saturated heterocycles. The highest BCUT2D eigenvalue weighted by atomic mass is 32.2. The maximum Gasteiger partial charge on any atom is 0.151 e. The number of rotatable bonds is 7. The van der Waals surface area contributed by atoms with Crippen LogP contribution in [-0.2, 0) is 14.6 Å². The Hall–Kier alpha value is -0.130. The Balaban J connectivity index is 2.36. The van der Waals surface area contributed by atoms with Crippen molar-refractivity contribution in [2.45, 2.75) is 46.3 Å². The average molecular weight is 277 g/mol. The van der Waals surface area contributed by atoms with Crippen molar-refractivity contribution in [1.82, 2.24) is 5.32 Å². The monoisotopic (exact) mass is 277 g/mol. The lowest BCUT2D eigenvalue weighted by Gasteiger charge is -2.24. The zero-order valence-electron chi connectivity index (χ0n) is 12.0. The summed E-state index contributed by atoms with van der Waals surface area (Å²) in [4.78, 5) is 0. The molecule has 0 aromatic rings. The highest BCUT2D eigenvalue weighted by Gasteiger charge is 2.30. The van der Waals surface area contributed by atoms with Gasteiger partial charge in [0.15, 0.2) is 9.84 Å². The first-order chi connectivity index (χ1) is 8.35. The second-order valence-electron chi connectivity index (χ2n) is 5.64. The maximum absolute atomic E-state index is 11.5. The van der Waals surface area contributed by atoms with E-state index in [9.17, 15) is 8.42 Å². The molecular weight excluding hydrogens is 250 g/mol. The fraction of sp³-hybridized carbons (Fsp3) is 1.00. The van der Waals surface area contributed by atoms with Crippen molar-refractivity contribution in [3.05, 3.63) is 0 Å². The van der Waals surface area contributed by atoms with Gasteiger partial charge in [0.05, 0.1) is 11.9 Å². The quantitative estimate of drug-likeness (QED) is 0.765. The molecule has 0 bridgehead atoms. The first-order valence-corrected chi connectivity index (χ1v) is 8.73. The van der Waals surface area contributed by atoms with Crippen LogP contribution in [0, 0.1) is 11.8 Å². The van der Waals surface area contributed by atoms with Crippen molar-refractivity contribution in [1.29, 1.82) is 0 Å². The van der Waals surface area contributed by atoms with Crippen LogP contribution in [0.25, 0.3) is 0 Å². The summed E-state index contributed by atoms with van der Waals surface area (Å²) in [6, 6.07) is 0.0170. The molecule has 1 aliphatic rings. The third kappa shape index (κ3) is 4.86. The SMILES string of the molecule is CCS(=O)(=O)CC(C)NC[C@H]1CCO[C@@H]1C(C)C.